The summed E-state index contributed by atoms with van der Waals surface area (Å²) in [7, 11) is -3.79. The van der Waals surface area contributed by atoms with E-state index in [0.717, 1.165) is 5.56 Å². The van der Waals surface area contributed by atoms with Crippen molar-refractivity contribution < 1.29 is 19.0 Å². The summed E-state index contributed by atoms with van der Waals surface area (Å²) in [4.78, 5) is 19.3. The van der Waals surface area contributed by atoms with E-state index in [2.05, 4.69) is 9.38 Å². The first-order chi connectivity index (χ1) is 16.2. The minimum Gasteiger partial charge on any atom is -0.465 e. The van der Waals surface area contributed by atoms with E-state index >= 15 is 0 Å². The van der Waals surface area contributed by atoms with Gasteiger partial charge in [-0.15, -0.1) is 4.40 Å². The van der Waals surface area contributed by atoms with E-state index in [-0.39, 0.29) is 40.0 Å². The summed E-state index contributed by atoms with van der Waals surface area (Å²) in [6, 6.07) is 8.41. The maximum atomic E-state index is 11.6. The van der Waals surface area contributed by atoms with Gasteiger partial charge in [0.2, 0.25) is 0 Å². The zero-order valence-corrected chi connectivity index (χ0v) is 22.4. The number of amides is 1. The zero-order chi connectivity index (χ0) is 25.9. The Bertz CT molecular complexity index is 1200. The van der Waals surface area contributed by atoms with Crippen molar-refractivity contribution in [2.75, 3.05) is 17.4 Å². The van der Waals surface area contributed by atoms with E-state index in [1.807, 2.05) is 50.8 Å². The van der Waals surface area contributed by atoms with Crippen LogP contribution in [0.25, 0.3) is 0 Å². The van der Waals surface area contributed by atoms with Crippen molar-refractivity contribution in [2.45, 2.75) is 52.1 Å². The van der Waals surface area contributed by atoms with Gasteiger partial charge in [-0.2, -0.15) is 0 Å². The highest BCUT2D eigenvalue weighted by Gasteiger charge is 2.42. The van der Waals surface area contributed by atoms with Crippen LogP contribution in [-0.4, -0.2) is 66.1 Å². The summed E-state index contributed by atoms with van der Waals surface area (Å²) in [5.74, 6) is 0.515. The van der Waals surface area contributed by atoms with Crippen molar-refractivity contribution in [2.24, 2.45) is 4.40 Å². The topological polar surface area (TPSA) is 113 Å². The monoisotopic (exact) mass is 541 g/mol. The molecule has 2 aromatic rings. The van der Waals surface area contributed by atoms with E-state index < -0.39 is 17.1 Å². The summed E-state index contributed by atoms with van der Waals surface area (Å²) in [6.07, 6.45) is -0.999. The Balaban J connectivity index is 1.91. The molecule has 0 aliphatic carbocycles. The molecule has 1 aromatic heterocycles. The number of piperazine rings is 1. The molecule has 2 atom stereocenters. The number of fused-ring (bicyclic) bond motifs is 1. The third-order valence-electron chi connectivity index (χ3n) is 6.23. The fourth-order valence-electron chi connectivity index (χ4n) is 4.53. The lowest BCUT2D eigenvalue weighted by Gasteiger charge is -2.49. The van der Waals surface area contributed by atoms with Gasteiger partial charge in [-0.1, -0.05) is 62.2 Å². The number of anilines is 2. The molecule has 12 heteroatoms. The second kappa shape index (κ2) is 9.01. The molecule has 1 aromatic carbocycles. The zero-order valence-electron chi connectivity index (χ0n) is 20.1. The molecule has 1 fully saturated rings. The highest BCUT2D eigenvalue weighted by Crippen LogP contribution is 2.58. The van der Waals surface area contributed by atoms with Crippen molar-refractivity contribution >= 4 is 57.6 Å². The van der Waals surface area contributed by atoms with E-state index in [1.165, 1.54) is 9.21 Å². The van der Waals surface area contributed by atoms with Crippen molar-refractivity contribution in [3.05, 3.63) is 51.6 Å². The van der Waals surface area contributed by atoms with Gasteiger partial charge in [-0.3, -0.25) is 9.11 Å². The summed E-state index contributed by atoms with van der Waals surface area (Å²) < 4.78 is 28.6. The number of halogens is 2. The van der Waals surface area contributed by atoms with Crippen molar-refractivity contribution in [1.29, 1.82) is 0 Å². The van der Waals surface area contributed by atoms with Crippen LogP contribution < -0.4 is 4.31 Å². The van der Waals surface area contributed by atoms with Crippen molar-refractivity contribution in [3.8, 4) is 0 Å². The Morgan fingerprint density at radius 2 is 1.77 bits per heavy atom. The van der Waals surface area contributed by atoms with Gasteiger partial charge in [0.25, 0.3) is 0 Å². The number of nitrogens with zero attached hydrogens (tertiary/aromatic N) is 5. The Morgan fingerprint density at radius 1 is 1.11 bits per heavy atom. The molecule has 0 bridgehead atoms. The van der Waals surface area contributed by atoms with Gasteiger partial charge in [0, 0.05) is 25.2 Å². The number of aromatic nitrogens is 1. The quantitative estimate of drug-likeness (QED) is 0.366. The van der Waals surface area contributed by atoms with Crippen molar-refractivity contribution in [3.63, 3.8) is 0 Å². The molecule has 1 saturated heterocycles. The smallest absolute Gasteiger partial charge is 0.407 e. The summed E-state index contributed by atoms with van der Waals surface area (Å²) in [5.41, 5.74) is 1.59. The van der Waals surface area contributed by atoms with Crippen LogP contribution in [0.2, 0.25) is 10.2 Å². The van der Waals surface area contributed by atoms with Gasteiger partial charge in [0.15, 0.2) is 11.7 Å². The number of pyridine rings is 1. The second-order valence-corrected chi connectivity index (χ2v) is 12.2. The number of para-hydroxylation sites is 1. The predicted octanol–water partition coefficient (Wildman–Crippen LogP) is 6.24. The first-order valence-electron chi connectivity index (χ1n) is 11.1. The van der Waals surface area contributed by atoms with Crippen LogP contribution >= 0.6 is 34.2 Å². The molecule has 3 heterocycles. The number of benzene rings is 1. The van der Waals surface area contributed by atoms with Gasteiger partial charge in [0.1, 0.15) is 5.15 Å². The molecule has 2 aliphatic heterocycles. The molecule has 3 N–H and O–H groups in total. The Kier molecular flexibility index (Phi) is 6.65. The van der Waals surface area contributed by atoms with Gasteiger partial charge < -0.3 is 14.9 Å². The van der Waals surface area contributed by atoms with E-state index in [1.54, 1.807) is 19.1 Å². The number of carboxylic acid groups (broad SMARTS) is 1. The van der Waals surface area contributed by atoms with Crippen LogP contribution in [0.15, 0.2) is 34.7 Å². The minimum atomic E-state index is -3.79. The van der Waals surface area contributed by atoms with Gasteiger partial charge in [-0.05, 0) is 47.9 Å². The van der Waals surface area contributed by atoms with Crippen LogP contribution in [0.3, 0.4) is 0 Å². The fourth-order valence-corrected chi connectivity index (χ4v) is 6.12. The maximum absolute atomic E-state index is 11.6. The molecule has 0 radical (unpaired) electrons. The molecule has 190 valence electrons. The summed E-state index contributed by atoms with van der Waals surface area (Å²) in [5, 5.41) is 9.76. The second-order valence-electron chi connectivity index (χ2n) is 9.88. The van der Waals surface area contributed by atoms with Gasteiger partial charge >= 0.3 is 6.09 Å². The molecule has 0 saturated carbocycles. The van der Waals surface area contributed by atoms with E-state index in [0.29, 0.717) is 23.6 Å². The third-order valence-corrected chi connectivity index (χ3v) is 8.19. The average molecular weight is 542 g/mol. The molecular formula is C23H29Cl2N5O4S. The third kappa shape index (κ3) is 4.65. The van der Waals surface area contributed by atoms with Crippen LogP contribution in [-0.2, 0) is 5.41 Å². The van der Waals surface area contributed by atoms with Crippen LogP contribution in [0.1, 0.15) is 45.7 Å². The van der Waals surface area contributed by atoms with E-state index in [4.69, 9.17) is 23.2 Å². The SMILES string of the molecule is C[C@@H]1CN(C2=NS(O)(O)N(c3ccccc3C(C)(C)C)c3nc(Cl)c(Cl)cc32)[C@@H](C)CN1C(=O)O. The number of amidine groups is 1. The Labute approximate surface area is 216 Å². The van der Waals surface area contributed by atoms with Crippen LogP contribution in [0, 0.1) is 0 Å². The standard InChI is InChI=1S/C23H29Cl2N5O4S/c1-13-12-29(22(31)32)14(2)11-28(13)21-15-10-17(24)19(25)26-20(15)30(35(33,34)27-21)18-9-7-6-8-16(18)23(3,4)5/h6-10,13-14,33-34H,11-12H2,1-5H3,(H,31,32)/t13-,14+/m0/s1. The summed E-state index contributed by atoms with van der Waals surface area (Å²) in [6.45, 7) is 10.3. The largest absolute Gasteiger partial charge is 0.465 e. The molecule has 0 unspecified atom stereocenters. The number of hydrogen-bond donors (Lipinski definition) is 3. The Morgan fingerprint density at radius 3 is 2.40 bits per heavy atom. The Hall–Kier alpha value is -2.24. The first-order valence-corrected chi connectivity index (χ1v) is 13.3. The summed E-state index contributed by atoms with van der Waals surface area (Å²) >= 11 is 12.7. The molecular weight excluding hydrogens is 513 g/mol. The van der Waals surface area contributed by atoms with Crippen LogP contribution in [0.4, 0.5) is 16.3 Å². The highest BCUT2D eigenvalue weighted by atomic mass is 35.5. The van der Waals surface area contributed by atoms with Crippen molar-refractivity contribution in [1.82, 2.24) is 14.8 Å². The van der Waals surface area contributed by atoms with Gasteiger partial charge in [0.05, 0.1) is 16.3 Å². The molecule has 1 amide bonds. The molecule has 35 heavy (non-hydrogen) atoms. The van der Waals surface area contributed by atoms with E-state index in [9.17, 15) is 19.0 Å². The lowest BCUT2D eigenvalue weighted by Crippen LogP contribution is -2.59. The normalized spacial score (nSPS) is 23.0. The number of hydrogen-bond acceptors (Lipinski definition) is 7. The van der Waals surface area contributed by atoms with Crippen LogP contribution in [0.5, 0.6) is 0 Å². The fraction of sp³-hybridized carbons (Fsp3) is 0.435. The first kappa shape index (κ1) is 25.8. The predicted molar refractivity (Wildman–Crippen MR) is 141 cm³/mol. The van der Waals surface area contributed by atoms with Gasteiger partial charge in [-0.25, -0.2) is 14.1 Å². The molecule has 2 aliphatic rings. The molecule has 0 spiro atoms. The number of rotatable bonds is 1. The maximum Gasteiger partial charge on any atom is 0.407 e. The lowest BCUT2D eigenvalue weighted by molar-refractivity contribution is 0.0750. The minimum absolute atomic E-state index is 0.0252. The average Bonchev–Trinajstić information content (AvgIpc) is 2.75. The highest BCUT2D eigenvalue weighted by molar-refractivity contribution is 8.24. The lowest BCUT2D eigenvalue weighted by atomic mass is 9.86. The molecule has 4 rings (SSSR count). The number of carbonyl (C=O) groups is 1. The molecule has 9 nitrogen and oxygen atoms in total.